The molecule has 0 aliphatic rings. The molecule has 112 heavy (non-hydrogen) atoms. The Morgan fingerprint density at radius 2 is 0.536 bits per heavy atom. The maximum Gasteiger partial charge on any atom is 0.0651 e. The van der Waals surface area contributed by atoms with E-state index < -0.39 is 136 Å². The second-order valence-corrected chi connectivity index (χ2v) is 26.7. The van der Waals surface area contributed by atoms with Crippen LogP contribution in [0.4, 0.5) is 34.1 Å². The van der Waals surface area contributed by atoms with E-state index in [-0.39, 0.29) is 41.1 Å². The predicted molar refractivity (Wildman–Crippen MR) is 474 cm³/mol. The SMILES string of the molecule is [2H]c1c([2H])c(-c2ccc3c(c2)c2ccccc2n3-c2ccccc2)c([2H])c(N(c2ccc(-c3ccccc3)cc2)c2ccccc2-c2ccc(-c3ccccc3)cc2)c1[2H].[2H]c1c([2H])c([2H])c(-c2c([2H])c([2H])c(-c3c([2H])c([2H])c([2H])c([2H])c3N(c3ccc(-c4ccccc4)cc3)c3c([2H])c([2H])c([2H])c(-c4ccc5c(c4)c4ccccc4n5-c4ccccc4)c3[2H])c([2H])c2[2H])c([2H])c1[2H]. The molecule has 0 fully saturated rings. The third-order valence-corrected chi connectivity index (χ3v) is 20.1. The monoisotopic (exact) mass is 1450 g/mol. The molecular weight excluding hydrogens is 1350 g/mol. The van der Waals surface area contributed by atoms with Gasteiger partial charge in [0.1, 0.15) is 0 Å². The topological polar surface area (TPSA) is 16.3 Å². The lowest BCUT2D eigenvalue weighted by Crippen LogP contribution is -2.11. The van der Waals surface area contributed by atoms with Crippen LogP contribution < -0.4 is 9.80 Å². The maximum absolute atomic E-state index is 10.1. The van der Waals surface area contributed by atoms with Crippen molar-refractivity contribution in [3.63, 3.8) is 0 Å². The second kappa shape index (κ2) is 30.4. The number of hydrogen-bond acceptors (Lipinski definition) is 2. The van der Waals surface area contributed by atoms with Gasteiger partial charge in [0.05, 0.1) is 62.2 Å². The summed E-state index contributed by atoms with van der Waals surface area (Å²) in [7, 11) is 0. The first kappa shape index (κ1) is 48.5. The summed E-state index contributed by atoms with van der Waals surface area (Å²) in [5.74, 6) is 0. The first-order chi connectivity index (χ1) is 64.3. The Hall–Kier alpha value is -14.8. The van der Waals surface area contributed by atoms with Gasteiger partial charge in [-0.25, -0.2) is 0 Å². The third-order valence-electron chi connectivity index (χ3n) is 20.1. The van der Waals surface area contributed by atoms with Crippen molar-refractivity contribution in [1.82, 2.24) is 9.13 Å². The van der Waals surface area contributed by atoms with Crippen molar-refractivity contribution < 1.29 is 28.8 Å². The van der Waals surface area contributed by atoms with Crippen LogP contribution in [0.15, 0.2) is 461 Å². The first-order valence-electron chi connectivity index (χ1n) is 47.2. The smallest absolute Gasteiger partial charge is 0.0651 e. The number of rotatable bonds is 16. The number of para-hydroxylation sites is 6. The molecule has 18 aromatic carbocycles. The molecule has 0 aliphatic heterocycles. The van der Waals surface area contributed by atoms with Crippen molar-refractivity contribution in [2.75, 3.05) is 9.80 Å². The maximum atomic E-state index is 10.1. The van der Waals surface area contributed by atoms with Crippen LogP contribution in [0.2, 0.25) is 0 Å². The van der Waals surface area contributed by atoms with Crippen molar-refractivity contribution in [1.29, 1.82) is 0 Å². The van der Waals surface area contributed by atoms with E-state index >= 15 is 0 Å². The fourth-order valence-electron chi connectivity index (χ4n) is 14.8. The minimum absolute atomic E-state index is 0.00788. The van der Waals surface area contributed by atoms with Crippen LogP contribution in [0.5, 0.6) is 0 Å². The van der Waals surface area contributed by atoms with Gasteiger partial charge in [0, 0.05) is 66.8 Å². The Morgan fingerprint density at radius 1 is 0.188 bits per heavy atom. The summed E-state index contributed by atoms with van der Waals surface area (Å²) >= 11 is 0. The number of hydrogen-bond donors (Lipinski definition) is 0. The van der Waals surface area contributed by atoms with Crippen molar-refractivity contribution in [3.05, 3.63) is 461 Å². The molecule has 0 amide bonds. The fraction of sp³-hybridized carbons (Fsp3) is 0. The van der Waals surface area contributed by atoms with Crippen LogP contribution in [-0.4, -0.2) is 9.13 Å². The summed E-state index contributed by atoms with van der Waals surface area (Å²) in [5.41, 5.74) is 12.9. The zero-order valence-electron chi connectivity index (χ0n) is 81.0. The Balaban J connectivity index is 0.000000175. The minimum Gasteiger partial charge on any atom is -0.310 e. The normalized spacial score (nSPS) is 13.8. The van der Waals surface area contributed by atoms with Crippen molar-refractivity contribution in [2.45, 2.75) is 0 Å². The van der Waals surface area contributed by atoms with Crippen molar-refractivity contribution in [2.24, 2.45) is 0 Å². The van der Waals surface area contributed by atoms with Crippen molar-refractivity contribution >= 4 is 77.7 Å². The molecule has 528 valence electrons. The Morgan fingerprint density at radius 3 is 1.03 bits per heavy atom. The van der Waals surface area contributed by atoms with E-state index in [1.54, 1.807) is 36.4 Å². The van der Waals surface area contributed by atoms with Crippen LogP contribution in [0.25, 0.3) is 144 Å². The molecule has 2 aromatic heterocycles. The van der Waals surface area contributed by atoms with Gasteiger partial charge in [-0.2, -0.15) is 0 Å². The van der Waals surface area contributed by atoms with E-state index in [1.807, 2.05) is 211 Å². The summed E-state index contributed by atoms with van der Waals surface area (Å²) in [4.78, 5) is 3.09. The zero-order chi connectivity index (χ0) is 92.8. The quantitative estimate of drug-likeness (QED) is 0.0959. The number of anilines is 6. The highest BCUT2D eigenvalue weighted by Gasteiger charge is 2.23. The van der Waals surface area contributed by atoms with E-state index in [4.69, 9.17) is 9.60 Å². The highest BCUT2D eigenvalue weighted by atomic mass is 15.2. The molecule has 0 radical (unpaired) electrons. The number of benzene rings is 18. The molecule has 0 bridgehead atoms. The van der Waals surface area contributed by atoms with E-state index in [1.165, 1.54) is 0 Å². The summed E-state index contributed by atoms with van der Waals surface area (Å²) in [5, 5.41) is 3.63. The van der Waals surface area contributed by atoms with Gasteiger partial charge < -0.3 is 18.9 Å². The molecule has 0 N–H and O–H groups in total. The lowest BCUT2D eigenvalue weighted by Gasteiger charge is -2.28. The Kier molecular flexibility index (Phi) is 13.2. The van der Waals surface area contributed by atoms with Gasteiger partial charge in [0.15, 0.2) is 0 Å². The molecule has 20 aromatic rings. The van der Waals surface area contributed by atoms with Crippen LogP contribution in [0, 0.1) is 0 Å². The molecule has 0 spiro atoms. The Bertz CT molecular complexity index is 7980. The van der Waals surface area contributed by atoms with Crippen LogP contribution in [0.3, 0.4) is 0 Å². The van der Waals surface area contributed by atoms with E-state index in [9.17, 15) is 19.2 Å². The van der Waals surface area contributed by atoms with Gasteiger partial charge in [0.2, 0.25) is 0 Å². The lowest BCUT2D eigenvalue weighted by atomic mass is 9.97. The van der Waals surface area contributed by atoms with Crippen LogP contribution in [-0.2, 0) is 0 Å². The molecule has 0 unspecified atom stereocenters. The first-order valence-corrected chi connectivity index (χ1v) is 36.7. The number of nitrogens with zero attached hydrogens (tertiary/aromatic N) is 4. The molecule has 0 aliphatic carbocycles. The van der Waals surface area contributed by atoms with Gasteiger partial charge in [-0.05, 0) is 199 Å². The molecule has 0 saturated carbocycles. The van der Waals surface area contributed by atoms with Crippen LogP contribution in [0.1, 0.15) is 28.8 Å². The zero-order valence-corrected chi connectivity index (χ0v) is 60.0. The largest absolute Gasteiger partial charge is 0.310 e. The molecule has 4 nitrogen and oxygen atoms in total. The lowest BCUT2D eigenvalue weighted by molar-refractivity contribution is 1.18. The average molecular weight is 1450 g/mol. The molecule has 0 saturated heterocycles. The fourth-order valence-corrected chi connectivity index (χ4v) is 14.8. The summed E-state index contributed by atoms with van der Waals surface area (Å²) in [6.07, 6.45) is 0. The average Bonchev–Trinajstić information content (AvgIpc) is 0.893. The predicted octanol–water partition coefficient (Wildman–Crippen LogP) is 29.8. The van der Waals surface area contributed by atoms with Gasteiger partial charge in [-0.1, -0.05) is 339 Å². The van der Waals surface area contributed by atoms with Gasteiger partial charge in [-0.3, -0.25) is 0 Å². The van der Waals surface area contributed by atoms with E-state index in [0.717, 1.165) is 110 Å². The highest BCUT2D eigenvalue weighted by Crippen LogP contribution is 2.47. The number of fused-ring (bicyclic) bond motifs is 6. The molecule has 4 heteroatoms. The summed E-state index contributed by atoms with van der Waals surface area (Å²) in [6, 6.07) is 94.7. The second-order valence-electron chi connectivity index (χ2n) is 26.7. The molecule has 0 atom stereocenters. The summed E-state index contributed by atoms with van der Waals surface area (Å²) < 4.78 is 197. The minimum atomic E-state index is -0.892. The molecule has 20 rings (SSSR count). The van der Waals surface area contributed by atoms with E-state index in [0.29, 0.717) is 22.3 Å². The van der Waals surface area contributed by atoms with E-state index in [2.05, 4.69) is 100 Å². The number of aromatic nitrogens is 2. The van der Waals surface area contributed by atoms with Gasteiger partial charge in [-0.15, -0.1) is 0 Å². The molecular formula is C108H76N4. The highest BCUT2D eigenvalue weighted by molar-refractivity contribution is 6.12. The third kappa shape index (κ3) is 13.4. The summed E-state index contributed by atoms with van der Waals surface area (Å²) in [6.45, 7) is 0. The van der Waals surface area contributed by atoms with Gasteiger partial charge in [0.25, 0.3) is 0 Å². The Labute approximate surface area is 683 Å². The van der Waals surface area contributed by atoms with Crippen molar-refractivity contribution in [3.8, 4) is 100 Å². The standard InChI is InChI=1S/2C54H38N2/c2*1-4-15-39(16-5-1)41-27-29-43(30-28-41)49-23-10-12-25-52(49)55(47-34-31-42(32-35-47)40-17-6-2-7-18-40)48-22-14-19-44(37-48)45-33-36-54-51(38-45)50-24-11-13-26-53(50)56(54)46-20-8-3-9-21-46/h2*1-38H/i1D,4D,5D,10D,12D,14D,15D,16D,19D,22D,23D,25D,27D,28D,29D,30D,37D;14D,19D,22D,37D. The van der Waals surface area contributed by atoms with Gasteiger partial charge >= 0.3 is 0 Å². The molecule has 2 heterocycles. The van der Waals surface area contributed by atoms with Crippen LogP contribution >= 0.6 is 0 Å².